The molecule has 2 N–H and O–H groups in total. The molecule has 2 rings (SSSR count). The molecular weight excluding hydrogens is 270 g/mol. The minimum absolute atomic E-state index is 0.130. The van der Waals surface area contributed by atoms with E-state index in [1.807, 2.05) is 0 Å². The number of nitrogens with zero attached hydrogens (tertiary/aromatic N) is 2. The summed E-state index contributed by atoms with van der Waals surface area (Å²) in [5, 5.41) is 12.0. The summed E-state index contributed by atoms with van der Waals surface area (Å²) < 4.78 is 25.6. The van der Waals surface area contributed by atoms with Crippen LogP contribution in [0.4, 0.5) is 0 Å². The van der Waals surface area contributed by atoms with Crippen molar-refractivity contribution in [3.8, 4) is 0 Å². The van der Waals surface area contributed by atoms with Gasteiger partial charge in [0.1, 0.15) is 6.04 Å². The Bertz CT molecular complexity index is 546. The summed E-state index contributed by atoms with van der Waals surface area (Å²) in [6, 6.07) is 2.17. The van der Waals surface area contributed by atoms with E-state index in [0.717, 1.165) is 4.31 Å². The molecule has 0 radical (unpaired) electrons. The lowest BCUT2D eigenvalue weighted by atomic mass is 10.2. The van der Waals surface area contributed by atoms with E-state index in [1.165, 1.54) is 12.4 Å². The molecule has 0 spiro atoms. The van der Waals surface area contributed by atoms with Crippen LogP contribution in [0.3, 0.4) is 0 Å². The zero-order valence-electron chi connectivity index (χ0n) is 10.2. The molecule has 0 amide bonds. The van der Waals surface area contributed by atoms with Crippen LogP contribution in [0, 0.1) is 0 Å². The zero-order valence-corrected chi connectivity index (χ0v) is 11.0. The number of carboxylic acid groups (broad SMARTS) is 1. The average Bonchev–Trinajstić information content (AvgIpc) is 2.39. The second-order valence-corrected chi connectivity index (χ2v) is 6.20. The maximum absolute atomic E-state index is 12.3. The maximum Gasteiger partial charge on any atom is 0.323 e. The highest BCUT2D eigenvalue weighted by Gasteiger charge is 2.36. The van der Waals surface area contributed by atoms with Crippen molar-refractivity contribution < 1.29 is 18.3 Å². The van der Waals surface area contributed by atoms with Crippen LogP contribution in [0.25, 0.3) is 0 Å². The van der Waals surface area contributed by atoms with Gasteiger partial charge >= 0.3 is 5.97 Å². The highest BCUT2D eigenvalue weighted by atomic mass is 32.2. The number of nitrogens with one attached hydrogen (secondary N) is 1. The van der Waals surface area contributed by atoms with E-state index in [9.17, 15) is 13.2 Å². The molecule has 1 fully saturated rings. The van der Waals surface area contributed by atoms with E-state index in [0.29, 0.717) is 12.1 Å². The quantitative estimate of drug-likeness (QED) is 0.756. The molecule has 0 unspecified atom stereocenters. The van der Waals surface area contributed by atoms with Gasteiger partial charge in [-0.15, -0.1) is 0 Å². The first-order valence-electron chi connectivity index (χ1n) is 5.82. The van der Waals surface area contributed by atoms with Gasteiger partial charge in [0.15, 0.2) is 0 Å². The van der Waals surface area contributed by atoms with Crippen LogP contribution < -0.4 is 5.32 Å². The van der Waals surface area contributed by atoms with Crippen molar-refractivity contribution in [3.05, 3.63) is 30.1 Å². The highest BCUT2D eigenvalue weighted by Crippen LogP contribution is 2.15. The van der Waals surface area contributed by atoms with Gasteiger partial charge in [-0.3, -0.25) is 9.78 Å². The Balaban J connectivity index is 2.20. The van der Waals surface area contributed by atoms with Gasteiger partial charge in [-0.25, -0.2) is 8.42 Å². The van der Waals surface area contributed by atoms with Crippen molar-refractivity contribution in [1.82, 2.24) is 14.6 Å². The molecular formula is C11H15N3O4S. The van der Waals surface area contributed by atoms with Gasteiger partial charge in [-0.05, 0) is 17.7 Å². The van der Waals surface area contributed by atoms with E-state index in [1.54, 1.807) is 12.1 Å². The van der Waals surface area contributed by atoms with Gasteiger partial charge in [-0.2, -0.15) is 4.31 Å². The summed E-state index contributed by atoms with van der Waals surface area (Å²) in [6.45, 7) is 0.759. The molecule has 2 heterocycles. The second kappa shape index (κ2) is 5.64. The van der Waals surface area contributed by atoms with Crippen LogP contribution in [0.2, 0.25) is 0 Å². The van der Waals surface area contributed by atoms with Gasteiger partial charge in [0.2, 0.25) is 10.0 Å². The summed E-state index contributed by atoms with van der Waals surface area (Å²) in [5.74, 6) is -1.34. The van der Waals surface area contributed by atoms with Crippen molar-refractivity contribution in [2.24, 2.45) is 0 Å². The van der Waals surface area contributed by atoms with Gasteiger partial charge in [0.25, 0.3) is 0 Å². The Morgan fingerprint density at radius 3 is 2.79 bits per heavy atom. The van der Waals surface area contributed by atoms with Gasteiger partial charge in [-0.1, -0.05) is 0 Å². The lowest BCUT2D eigenvalue weighted by Crippen LogP contribution is -2.57. The van der Waals surface area contributed by atoms with Crippen molar-refractivity contribution in [1.29, 1.82) is 0 Å². The van der Waals surface area contributed by atoms with Crippen LogP contribution >= 0.6 is 0 Å². The number of sulfonamides is 1. The summed E-state index contributed by atoms with van der Waals surface area (Å²) in [4.78, 5) is 14.9. The van der Waals surface area contributed by atoms with Crippen molar-refractivity contribution in [2.75, 3.05) is 19.6 Å². The number of piperazine rings is 1. The lowest BCUT2D eigenvalue weighted by Gasteiger charge is -2.32. The Morgan fingerprint density at radius 2 is 2.16 bits per heavy atom. The standard InChI is InChI=1S/C11H15N3O4S/c15-11(16)10-7-13-5-6-14(10)19(17,18)8-9-1-3-12-4-2-9/h1-4,10,13H,5-8H2,(H,15,16)/t10-/m0/s1. The predicted octanol–water partition coefficient (Wildman–Crippen LogP) is -0.730. The minimum atomic E-state index is -3.65. The van der Waals surface area contributed by atoms with E-state index >= 15 is 0 Å². The molecule has 1 aromatic rings. The summed E-state index contributed by atoms with van der Waals surface area (Å²) in [7, 11) is -3.65. The fourth-order valence-electron chi connectivity index (χ4n) is 2.00. The Hall–Kier alpha value is -1.51. The topological polar surface area (TPSA) is 99.6 Å². The third kappa shape index (κ3) is 3.28. The molecule has 1 aliphatic rings. The lowest BCUT2D eigenvalue weighted by molar-refractivity contribution is -0.141. The first-order chi connectivity index (χ1) is 9.00. The first-order valence-corrected chi connectivity index (χ1v) is 7.43. The molecule has 0 aliphatic carbocycles. The largest absolute Gasteiger partial charge is 0.480 e. The third-order valence-corrected chi connectivity index (χ3v) is 4.78. The molecule has 8 heteroatoms. The molecule has 0 saturated carbocycles. The van der Waals surface area contributed by atoms with Crippen molar-refractivity contribution in [2.45, 2.75) is 11.8 Å². The normalized spacial score (nSPS) is 21.2. The van der Waals surface area contributed by atoms with Crippen LogP contribution in [-0.2, 0) is 20.6 Å². The maximum atomic E-state index is 12.3. The number of aromatic nitrogens is 1. The molecule has 1 aliphatic heterocycles. The minimum Gasteiger partial charge on any atom is -0.480 e. The van der Waals surface area contributed by atoms with Crippen LogP contribution in [0.15, 0.2) is 24.5 Å². The Labute approximate surface area is 111 Å². The van der Waals surface area contributed by atoms with Crippen molar-refractivity contribution in [3.63, 3.8) is 0 Å². The molecule has 1 aromatic heterocycles. The SMILES string of the molecule is O=C(O)[C@@H]1CNCCN1S(=O)(=O)Cc1ccncc1. The number of hydrogen-bond acceptors (Lipinski definition) is 5. The monoisotopic (exact) mass is 285 g/mol. The molecule has 7 nitrogen and oxygen atoms in total. The fraction of sp³-hybridized carbons (Fsp3) is 0.455. The number of aliphatic carboxylic acids is 1. The predicted molar refractivity (Wildman–Crippen MR) is 67.9 cm³/mol. The number of carbonyl (C=O) groups is 1. The number of rotatable bonds is 4. The third-order valence-electron chi connectivity index (χ3n) is 2.94. The van der Waals surface area contributed by atoms with E-state index in [4.69, 9.17) is 5.11 Å². The molecule has 1 atom stereocenters. The van der Waals surface area contributed by atoms with Crippen LogP contribution in [0.1, 0.15) is 5.56 Å². The number of carboxylic acids is 1. The van der Waals surface area contributed by atoms with Gasteiger partial charge in [0, 0.05) is 32.0 Å². The van der Waals surface area contributed by atoms with E-state index in [-0.39, 0.29) is 18.8 Å². The number of hydrogen-bond donors (Lipinski definition) is 2. The number of pyridine rings is 1. The van der Waals surface area contributed by atoms with Crippen molar-refractivity contribution >= 4 is 16.0 Å². The summed E-state index contributed by atoms with van der Waals surface area (Å²) in [6.07, 6.45) is 3.02. The molecule has 1 saturated heterocycles. The van der Waals surface area contributed by atoms with Crippen LogP contribution in [-0.4, -0.2) is 54.5 Å². The second-order valence-electron chi connectivity index (χ2n) is 4.28. The molecule has 19 heavy (non-hydrogen) atoms. The van der Waals surface area contributed by atoms with Gasteiger partial charge < -0.3 is 10.4 Å². The molecule has 0 bridgehead atoms. The summed E-state index contributed by atoms with van der Waals surface area (Å²) >= 11 is 0. The zero-order chi connectivity index (χ0) is 13.9. The smallest absolute Gasteiger partial charge is 0.323 e. The Morgan fingerprint density at radius 1 is 1.47 bits per heavy atom. The highest BCUT2D eigenvalue weighted by molar-refractivity contribution is 7.88. The first kappa shape index (κ1) is 13.9. The fourth-order valence-corrected chi connectivity index (χ4v) is 3.70. The van der Waals surface area contributed by atoms with Crippen LogP contribution in [0.5, 0.6) is 0 Å². The summed E-state index contributed by atoms with van der Waals surface area (Å²) in [5.41, 5.74) is 0.595. The average molecular weight is 285 g/mol. The van der Waals surface area contributed by atoms with E-state index < -0.39 is 22.0 Å². The van der Waals surface area contributed by atoms with Gasteiger partial charge in [0.05, 0.1) is 5.75 Å². The molecule has 104 valence electrons. The Kier molecular flexibility index (Phi) is 4.13. The molecule has 0 aromatic carbocycles. The van der Waals surface area contributed by atoms with E-state index in [2.05, 4.69) is 10.3 Å².